The summed E-state index contributed by atoms with van der Waals surface area (Å²) in [7, 11) is 1.56. The second kappa shape index (κ2) is 12.5. The van der Waals surface area contributed by atoms with Crippen molar-refractivity contribution in [2.24, 2.45) is 4.99 Å². The van der Waals surface area contributed by atoms with Crippen LogP contribution in [0.1, 0.15) is 35.2 Å². The topological polar surface area (TPSA) is 90.2 Å². The Bertz CT molecular complexity index is 2260. The van der Waals surface area contributed by atoms with Crippen molar-refractivity contribution in [2.45, 2.75) is 19.5 Å². The van der Waals surface area contributed by atoms with Gasteiger partial charge < -0.3 is 14.4 Å². The van der Waals surface area contributed by atoms with Crippen LogP contribution < -0.4 is 24.5 Å². The van der Waals surface area contributed by atoms with Gasteiger partial charge >= 0.3 is 5.97 Å². The predicted molar refractivity (Wildman–Crippen MR) is 182 cm³/mol. The first kappa shape index (κ1) is 30.4. The average molecular weight is 662 g/mol. The maximum absolute atomic E-state index is 14.7. The highest BCUT2D eigenvalue weighted by atomic mass is 35.5. The van der Waals surface area contributed by atoms with Gasteiger partial charge in [-0.25, -0.2) is 9.79 Å². The molecule has 1 amide bonds. The van der Waals surface area contributed by atoms with Crippen LogP contribution in [0.4, 0.5) is 5.69 Å². The van der Waals surface area contributed by atoms with E-state index in [1.807, 2.05) is 78.9 Å². The van der Waals surface area contributed by atoms with Gasteiger partial charge in [0, 0.05) is 16.1 Å². The number of thiazole rings is 1. The van der Waals surface area contributed by atoms with Gasteiger partial charge in [-0.05, 0) is 48.4 Å². The number of benzene rings is 4. The number of fused-ring (bicyclic) bond motifs is 2. The van der Waals surface area contributed by atoms with Crippen molar-refractivity contribution in [2.75, 3.05) is 18.6 Å². The first-order valence-electron chi connectivity index (χ1n) is 15.0. The molecule has 0 bridgehead atoms. The molecule has 0 unspecified atom stereocenters. The molecular weight excluding hydrogens is 634 g/mol. The molecule has 5 aromatic rings. The van der Waals surface area contributed by atoms with E-state index in [1.165, 1.54) is 4.57 Å². The fraction of sp³-hybridized carbons (Fsp3) is 0.135. The molecule has 1 aromatic heterocycles. The van der Waals surface area contributed by atoms with E-state index in [0.29, 0.717) is 55.8 Å². The highest BCUT2D eigenvalue weighted by Gasteiger charge is 2.38. The number of aromatic nitrogens is 1. The van der Waals surface area contributed by atoms with Gasteiger partial charge in [0.05, 0.1) is 48.8 Å². The lowest BCUT2D eigenvalue weighted by Crippen LogP contribution is -2.41. The molecule has 2 aliphatic rings. The molecule has 0 saturated heterocycles. The monoisotopic (exact) mass is 661 g/mol. The van der Waals surface area contributed by atoms with E-state index >= 15 is 0 Å². The number of amides is 1. The largest absolute Gasteiger partial charge is 0.497 e. The number of para-hydroxylation sites is 1. The van der Waals surface area contributed by atoms with Crippen molar-refractivity contribution in [1.82, 2.24) is 4.57 Å². The summed E-state index contributed by atoms with van der Waals surface area (Å²) >= 11 is 7.24. The molecule has 10 heteroatoms. The van der Waals surface area contributed by atoms with Crippen molar-refractivity contribution < 1.29 is 19.1 Å². The second-order valence-electron chi connectivity index (χ2n) is 10.9. The van der Waals surface area contributed by atoms with Crippen LogP contribution in [-0.4, -0.2) is 30.2 Å². The Hall–Kier alpha value is -5.25. The maximum Gasteiger partial charge on any atom is 0.338 e. The summed E-state index contributed by atoms with van der Waals surface area (Å²) in [6, 6.07) is 30.4. The first-order valence-corrected chi connectivity index (χ1v) is 16.2. The Morgan fingerprint density at radius 2 is 1.68 bits per heavy atom. The van der Waals surface area contributed by atoms with E-state index in [9.17, 15) is 14.4 Å². The minimum atomic E-state index is -0.901. The van der Waals surface area contributed by atoms with Crippen LogP contribution in [0.2, 0.25) is 5.02 Å². The quantitative estimate of drug-likeness (QED) is 0.215. The van der Waals surface area contributed by atoms with E-state index in [2.05, 4.69) is 0 Å². The first-order chi connectivity index (χ1) is 22.9. The minimum absolute atomic E-state index is 0.137. The van der Waals surface area contributed by atoms with Crippen LogP contribution in [0.15, 0.2) is 118 Å². The Labute approximate surface area is 279 Å². The number of nitrogens with zero attached hydrogens (tertiary/aromatic N) is 3. The number of ether oxygens (including phenoxy) is 2. The highest BCUT2D eigenvalue weighted by Crippen LogP contribution is 2.38. The van der Waals surface area contributed by atoms with Crippen molar-refractivity contribution in [3.63, 3.8) is 0 Å². The smallest absolute Gasteiger partial charge is 0.338 e. The Balaban J connectivity index is 1.50. The van der Waals surface area contributed by atoms with Crippen LogP contribution in [-0.2, 0) is 20.9 Å². The van der Waals surface area contributed by atoms with Crippen LogP contribution in [0.5, 0.6) is 5.75 Å². The summed E-state index contributed by atoms with van der Waals surface area (Å²) in [5.41, 5.74) is 4.07. The van der Waals surface area contributed by atoms with Crippen LogP contribution in [0, 0.1) is 0 Å². The molecule has 4 aromatic carbocycles. The van der Waals surface area contributed by atoms with E-state index < -0.39 is 17.6 Å². The van der Waals surface area contributed by atoms with Crippen LogP contribution >= 0.6 is 22.9 Å². The zero-order valence-electron chi connectivity index (χ0n) is 25.5. The van der Waals surface area contributed by atoms with Gasteiger partial charge in [-0.3, -0.25) is 14.2 Å². The molecular formula is C37H28ClN3O5S. The van der Waals surface area contributed by atoms with Gasteiger partial charge in [-0.1, -0.05) is 95.7 Å². The molecule has 0 radical (unpaired) electrons. The Kier molecular flexibility index (Phi) is 8.09. The molecule has 0 N–H and O–H groups in total. The van der Waals surface area contributed by atoms with Crippen molar-refractivity contribution in [1.29, 1.82) is 0 Å². The number of methoxy groups -OCH3 is 1. The van der Waals surface area contributed by atoms with Gasteiger partial charge in [0.2, 0.25) is 0 Å². The molecule has 7 rings (SSSR count). The lowest BCUT2D eigenvalue weighted by Gasteiger charge is -2.26. The van der Waals surface area contributed by atoms with Crippen molar-refractivity contribution in [3.05, 3.63) is 156 Å². The van der Waals surface area contributed by atoms with E-state index in [1.54, 1.807) is 43.2 Å². The summed E-state index contributed by atoms with van der Waals surface area (Å²) in [6.45, 7) is 2.17. The van der Waals surface area contributed by atoms with Gasteiger partial charge in [0.25, 0.3) is 11.5 Å². The third-order valence-electron chi connectivity index (χ3n) is 8.16. The number of esters is 1. The number of hydrogen-bond acceptors (Lipinski definition) is 7. The third kappa shape index (κ3) is 5.37. The number of anilines is 1. The SMILES string of the molecule is CCOC(=O)C1=C(c2ccccc2)N=c2s/c(=C3/C(=O)N(Cc4ccc(Cl)cc4)c4ccccc43)c(=O)n2[C@H]1c1cccc(OC)c1. The Morgan fingerprint density at radius 1 is 0.936 bits per heavy atom. The Morgan fingerprint density at radius 3 is 2.43 bits per heavy atom. The molecule has 3 heterocycles. The molecule has 8 nitrogen and oxygen atoms in total. The maximum atomic E-state index is 14.7. The fourth-order valence-corrected chi connectivity index (χ4v) is 7.26. The third-order valence-corrected chi connectivity index (χ3v) is 9.47. The van der Waals surface area contributed by atoms with Gasteiger partial charge in [-0.2, -0.15) is 0 Å². The summed E-state index contributed by atoms with van der Waals surface area (Å²) in [5.74, 6) is -0.318. The van der Waals surface area contributed by atoms with E-state index in [4.69, 9.17) is 26.1 Å². The molecule has 0 aliphatic carbocycles. The van der Waals surface area contributed by atoms with Crippen LogP contribution in [0.25, 0.3) is 11.3 Å². The highest BCUT2D eigenvalue weighted by molar-refractivity contribution is 7.07. The second-order valence-corrected chi connectivity index (χ2v) is 12.4. The van der Waals surface area contributed by atoms with E-state index in [-0.39, 0.29) is 22.6 Å². The number of carbonyl (C=O) groups excluding carboxylic acids is 2. The van der Waals surface area contributed by atoms with E-state index in [0.717, 1.165) is 16.9 Å². The molecule has 0 fully saturated rings. The number of hydrogen-bond donors (Lipinski definition) is 0. The molecule has 2 aliphatic heterocycles. The average Bonchev–Trinajstić information content (AvgIpc) is 3.57. The minimum Gasteiger partial charge on any atom is -0.497 e. The number of halogens is 1. The van der Waals surface area contributed by atoms with Crippen molar-refractivity contribution >= 4 is 51.8 Å². The number of carbonyl (C=O) groups is 2. The van der Waals surface area contributed by atoms with Gasteiger partial charge in [0.1, 0.15) is 10.3 Å². The predicted octanol–water partition coefficient (Wildman–Crippen LogP) is 5.51. The normalized spacial score (nSPS) is 16.4. The molecule has 0 saturated carbocycles. The van der Waals surface area contributed by atoms with Gasteiger partial charge in [0.15, 0.2) is 4.80 Å². The standard InChI is InChI=1S/C37H28ClN3O5S/c1-3-46-36(44)30-31(23-10-5-4-6-11-23)39-37-41(32(30)24-12-9-13-26(20-24)45-2)35(43)33(47-37)29-27-14-7-8-15-28(27)40(34(29)42)21-22-16-18-25(38)19-17-22/h4-20,32H,3,21H2,1-2H3/b33-29+/t32-/m0/s1. The summed E-state index contributed by atoms with van der Waals surface area (Å²) in [6.07, 6.45) is 0. The summed E-state index contributed by atoms with van der Waals surface area (Å²) in [4.78, 5) is 49.7. The van der Waals surface area contributed by atoms with Gasteiger partial charge in [-0.15, -0.1) is 0 Å². The molecule has 1 atom stereocenters. The summed E-state index contributed by atoms with van der Waals surface area (Å²) in [5, 5.41) is 0.603. The number of rotatable bonds is 7. The lowest BCUT2D eigenvalue weighted by molar-refractivity contribution is -0.138. The molecule has 0 spiro atoms. The molecule has 234 valence electrons. The lowest BCUT2D eigenvalue weighted by atomic mass is 9.93. The zero-order valence-corrected chi connectivity index (χ0v) is 27.0. The fourth-order valence-electron chi connectivity index (χ4n) is 6.05. The van der Waals surface area contributed by atoms with Crippen LogP contribution in [0.3, 0.4) is 0 Å². The summed E-state index contributed by atoms with van der Waals surface area (Å²) < 4.78 is 12.8. The zero-order chi connectivity index (χ0) is 32.7. The van der Waals surface area contributed by atoms with Crippen molar-refractivity contribution in [3.8, 4) is 5.75 Å². The molecule has 47 heavy (non-hydrogen) atoms.